The summed E-state index contributed by atoms with van der Waals surface area (Å²) in [5.41, 5.74) is 6.28. The zero-order chi connectivity index (χ0) is 15.2. The predicted octanol–water partition coefficient (Wildman–Crippen LogP) is 0.660. The van der Waals surface area contributed by atoms with Crippen LogP contribution in [0.2, 0.25) is 0 Å². The molecule has 0 aliphatic heterocycles. The van der Waals surface area contributed by atoms with E-state index in [1.807, 2.05) is 0 Å². The summed E-state index contributed by atoms with van der Waals surface area (Å²) in [6, 6.07) is 4.77. The Kier molecular flexibility index (Phi) is 5.82. The fourth-order valence-electron chi connectivity index (χ4n) is 1.50. The summed E-state index contributed by atoms with van der Waals surface area (Å²) < 4.78 is 33.7. The molecule has 0 spiro atoms. The van der Waals surface area contributed by atoms with Gasteiger partial charge in [0.25, 0.3) is 10.2 Å². The van der Waals surface area contributed by atoms with Crippen LogP contribution in [-0.2, 0) is 10.2 Å². The summed E-state index contributed by atoms with van der Waals surface area (Å²) in [5.74, 6) is 5.96. The van der Waals surface area contributed by atoms with Gasteiger partial charge in [0.2, 0.25) is 0 Å². The van der Waals surface area contributed by atoms with Crippen LogP contribution >= 0.6 is 0 Å². The van der Waals surface area contributed by atoms with Gasteiger partial charge in [-0.05, 0) is 32.0 Å². The number of hydrogen-bond donors (Lipinski definition) is 3. The molecule has 0 aliphatic carbocycles. The van der Waals surface area contributed by atoms with Gasteiger partial charge in [0.05, 0.1) is 19.3 Å². The average Bonchev–Trinajstić information content (AvgIpc) is 2.34. The molecule has 110 valence electrons. The maximum absolute atomic E-state index is 11.9. The zero-order valence-electron chi connectivity index (χ0n) is 11.7. The van der Waals surface area contributed by atoms with Gasteiger partial charge < -0.3 is 10.5 Å². The van der Waals surface area contributed by atoms with Crippen LogP contribution in [0.4, 0.5) is 5.69 Å². The monoisotopic (exact) mass is 297 g/mol. The average molecular weight is 297 g/mol. The molecule has 1 rings (SSSR count). The lowest BCUT2D eigenvalue weighted by Crippen LogP contribution is -2.35. The van der Waals surface area contributed by atoms with Crippen LogP contribution in [0, 0.1) is 11.8 Å². The van der Waals surface area contributed by atoms with Crippen LogP contribution in [0.25, 0.3) is 0 Å². The predicted molar refractivity (Wildman–Crippen MR) is 79.7 cm³/mol. The van der Waals surface area contributed by atoms with Crippen molar-refractivity contribution in [1.29, 1.82) is 0 Å². The van der Waals surface area contributed by atoms with E-state index in [4.69, 9.17) is 10.5 Å². The molecule has 1 aromatic rings. The Hall–Kier alpha value is -1.75. The molecule has 0 radical (unpaired) electrons. The molecule has 4 N–H and O–H groups in total. The van der Waals surface area contributed by atoms with Crippen LogP contribution < -0.4 is 19.9 Å². The van der Waals surface area contributed by atoms with Gasteiger partial charge in [0.15, 0.2) is 0 Å². The van der Waals surface area contributed by atoms with E-state index < -0.39 is 10.2 Å². The topological polar surface area (TPSA) is 93.4 Å². The molecule has 0 aliphatic rings. The Balaban J connectivity index is 3.08. The summed E-state index contributed by atoms with van der Waals surface area (Å²) in [5, 5.41) is 0. The number of anilines is 1. The third-order valence-electron chi connectivity index (χ3n) is 2.17. The summed E-state index contributed by atoms with van der Waals surface area (Å²) in [4.78, 5) is 0. The van der Waals surface area contributed by atoms with E-state index in [1.165, 1.54) is 7.11 Å². The normalized spacial score (nSPS) is 10.8. The minimum atomic E-state index is -3.66. The minimum absolute atomic E-state index is 0.210. The molecule has 0 atom stereocenters. The maximum atomic E-state index is 11.9. The smallest absolute Gasteiger partial charge is 0.299 e. The highest BCUT2D eigenvalue weighted by molar-refractivity contribution is 7.90. The van der Waals surface area contributed by atoms with Crippen LogP contribution in [0.3, 0.4) is 0 Å². The molecule has 0 saturated heterocycles. The van der Waals surface area contributed by atoms with E-state index in [2.05, 4.69) is 21.3 Å². The lowest BCUT2D eigenvalue weighted by atomic mass is 10.2. The quantitative estimate of drug-likeness (QED) is 0.696. The Morgan fingerprint density at radius 2 is 2.10 bits per heavy atom. The van der Waals surface area contributed by atoms with Gasteiger partial charge >= 0.3 is 0 Å². The third-order valence-corrected chi connectivity index (χ3v) is 3.44. The van der Waals surface area contributed by atoms with Crippen LogP contribution in [0.15, 0.2) is 18.2 Å². The molecule has 0 aromatic heterocycles. The fraction of sp³-hybridized carbons (Fsp3) is 0.385. The Morgan fingerprint density at radius 1 is 1.40 bits per heavy atom. The van der Waals surface area contributed by atoms with Gasteiger partial charge in [0.1, 0.15) is 5.75 Å². The van der Waals surface area contributed by atoms with Gasteiger partial charge in [-0.3, -0.25) is 4.72 Å². The number of nitrogens with one attached hydrogen (secondary N) is 2. The second-order valence-corrected chi connectivity index (χ2v) is 5.75. The molecule has 1 aromatic carbocycles. The number of rotatable bonds is 5. The van der Waals surface area contributed by atoms with Gasteiger partial charge in [-0.2, -0.15) is 13.1 Å². The highest BCUT2D eigenvalue weighted by Crippen LogP contribution is 2.26. The second-order valence-electron chi connectivity index (χ2n) is 4.30. The number of nitrogens with two attached hydrogens (primary N) is 1. The highest BCUT2D eigenvalue weighted by Gasteiger charge is 2.14. The van der Waals surface area contributed by atoms with E-state index in [-0.39, 0.29) is 12.6 Å². The molecule has 7 heteroatoms. The van der Waals surface area contributed by atoms with E-state index in [1.54, 1.807) is 32.0 Å². The number of benzene rings is 1. The van der Waals surface area contributed by atoms with E-state index in [0.717, 1.165) is 0 Å². The van der Waals surface area contributed by atoms with Crippen molar-refractivity contribution in [2.45, 2.75) is 19.9 Å². The van der Waals surface area contributed by atoms with Crippen molar-refractivity contribution in [2.75, 3.05) is 18.4 Å². The fourth-order valence-corrected chi connectivity index (χ4v) is 2.63. The zero-order valence-corrected chi connectivity index (χ0v) is 12.5. The summed E-state index contributed by atoms with van der Waals surface area (Å²) in [6.45, 7) is 3.71. The van der Waals surface area contributed by atoms with Crippen molar-refractivity contribution in [3.8, 4) is 17.6 Å². The summed E-state index contributed by atoms with van der Waals surface area (Å²) in [6.07, 6.45) is 0. The highest BCUT2D eigenvalue weighted by atomic mass is 32.2. The number of hydrogen-bond acceptors (Lipinski definition) is 4. The minimum Gasteiger partial charge on any atom is -0.495 e. The van der Waals surface area contributed by atoms with E-state index in [0.29, 0.717) is 17.0 Å². The molecule has 0 fully saturated rings. The second kappa shape index (κ2) is 7.14. The van der Waals surface area contributed by atoms with Crippen molar-refractivity contribution >= 4 is 15.9 Å². The summed E-state index contributed by atoms with van der Waals surface area (Å²) in [7, 11) is -2.19. The first-order chi connectivity index (χ1) is 9.38. The molecule has 0 heterocycles. The molecule has 0 amide bonds. The molecular weight excluding hydrogens is 278 g/mol. The number of methoxy groups -OCH3 is 1. The van der Waals surface area contributed by atoms with Crippen molar-refractivity contribution in [3.63, 3.8) is 0 Å². The van der Waals surface area contributed by atoms with Gasteiger partial charge in [-0.1, -0.05) is 11.8 Å². The lowest BCUT2D eigenvalue weighted by molar-refractivity contribution is 0.417. The summed E-state index contributed by atoms with van der Waals surface area (Å²) >= 11 is 0. The van der Waals surface area contributed by atoms with Crippen molar-refractivity contribution < 1.29 is 13.2 Å². The van der Waals surface area contributed by atoms with Gasteiger partial charge in [-0.25, -0.2) is 0 Å². The Morgan fingerprint density at radius 3 is 2.65 bits per heavy atom. The molecule has 0 bridgehead atoms. The lowest BCUT2D eigenvalue weighted by Gasteiger charge is -2.14. The maximum Gasteiger partial charge on any atom is 0.299 e. The van der Waals surface area contributed by atoms with Gasteiger partial charge in [0, 0.05) is 11.6 Å². The van der Waals surface area contributed by atoms with Crippen LogP contribution in [0.1, 0.15) is 19.4 Å². The van der Waals surface area contributed by atoms with Crippen molar-refractivity contribution in [1.82, 2.24) is 4.72 Å². The molecular formula is C13H19N3O3S. The molecule has 6 nitrogen and oxygen atoms in total. The third kappa shape index (κ3) is 5.09. The molecule has 0 unspecified atom stereocenters. The van der Waals surface area contributed by atoms with E-state index >= 15 is 0 Å². The SMILES string of the molecule is COc1ccc(C#CCN)cc1NS(=O)(=O)NC(C)C. The number of ether oxygens (including phenoxy) is 1. The van der Waals surface area contributed by atoms with Crippen molar-refractivity contribution in [2.24, 2.45) is 5.73 Å². The van der Waals surface area contributed by atoms with Crippen LogP contribution in [0.5, 0.6) is 5.75 Å². The van der Waals surface area contributed by atoms with Crippen molar-refractivity contribution in [3.05, 3.63) is 23.8 Å². The molecule has 20 heavy (non-hydrogen) atoms. The standard InChI is InChI=1S/C13H19N3O3S/c1-10(2)15-20(17,18)16-12-9-11(5-4-8-14)6-7-13(12)19-3/h6-7,9-10,15-16H,8,14H2,1-3H3. The first-order valence-electron chi connectivity index (χ1n) is 6.05. The Labute approximate surface area is 119 Å². The van der Waals surface area contributed by atoms with Gasteiger partial charge in [-0.15, -0.1) is 0 Å². The first-order valence-corrected chi connectivity index (χ1v) is 7.53. The Bertz CT molecular complexity index is 615. The largest absolute Gasteiger partial charge is 0.495 e. The first kappa shape index (κ1) is 16.3. The van der Waals surface area contributed by atoms with E-state index in [9.17, 15) is 8.42 Å². The van der Waals surface area contributed by atoms with Crippen LogP contribution in [-0.4, -0.2) is 28.1 Å². The molecule has 0 saturated carbocycles.